The van der Waals surface area contributed by atoms with Crippen molar-refractivity contribution >= 4 is 0 Å². The standard InChI is InChI=1S/C15H22O/c1-12-7-9-14(10-8-12)15(11-16)13-5-3-2-4-6-13/h7-10,13,15-16H,2-6,11H2,1H3/t15-/m0/s1. The van der Waals surface area contributed by atoms with E-state index >= 15 is 0 Å². The zero-order valence-electron chi connectivity index (χ0n) is 10.2. The van der Waals surface area contributed by atoms with Crippen LogP contribution in [0.15, 0.2) is 24.3 Å². The Hall–Kier alpha value is -0.820. The minimum atomic E-state index is 0.299. The summed E-state index contributed by atoms with van der Waals surface area (Å²) in [5, 5.41) is 9.60. The molecule has 0 bridgehead atoms. The van der Waals surface area contributed by atoms with E-state index in [4.69, 9.17) is 0 Å². The zero-order chi connectivity index (χ0) is 11.4. The molecular formula is C15H22O. The SMILES string of the molecule is Cc1ccc([C@@H](CO)C2CCCCC2)cc1. The van der Waals surface area contributed by atoms with Crippen LogP contribution < -0.4 is 0 Å². The Morgan fingerprint density at radius 1 is 1.12 bits per heavy atom. The fourth-order valence-corrected chi connectivity index (χ4v) is 2.88. The van der Waals surface area contributed by atoms with Gasteiger partial charge >= 0.3 is 0 Å². The minimum Gasteiger partial charge on any atom is -0.396 e. The van der Waals surface area contributed by atoms with Crippen LogP contribution in [0.5, 0.6) is 0 Å². The van der Waals surface area contributed by atoms with Gasteiger partial charge in [-0.2, -0.15) is 0 Å². The van der Waals surface area contributed by atoms with Gasteiger partial charge in [0.15, 0.2) is 0 Å². The van der Waals surface area contributed by atoms with Crippen LogP contribution in [0.2, 0.25) is 0 Å². The van der Waals surface area contributed by atoms with Crippen LogP contribution in [0.3, 0.4) is 0 Å². The van der Waals surface area contributed by atoms with Crippen LogP contribution >= 0.6 is 0 Å². The summed E-state index contributed by atoms with van der Waals surface area (Å²) in [6.07, 6.45) is 6.64. The molecule has 0 radical (unpaired) electrons. The lowest BCUT2D eigenvalue weighted by molar-refractivity contribution is 0.196. The summed E-state index contributed by atoms with van der Waals surface area (Å²) < 4.78 is 0. The molecule has 16 heavy (non-hydrogen) atoms. The Bertz CT molecular complexity index is 309. The highest BCUT2D eigenvalue weighted by Crippen LogP contribution is 2.35. The lowest BCUT2D eigenvalue weighted by Crippen LogP contribution is -2.19. The quantitative estimate of drug-likeness (QED) is 0.821. The largest absolute Gasteiger partial charge is 0.396 e. The summed E-state index contributed by atoms with van der Waals surface area (Å²) in [5.74, 6) is 1.06. The highest BCUT2D eigenvalue weighted by molar-refractivity contribution is 5.25. The van der Waals surface area contributed by atoms with Crippen LogP contribution in [-0.4, -0.2) is 11.7 Å². The van der Waals surface area contributed by atoms with Crippen LogP contribution in [0.4, 0.5) is 0 Å². The molecule has 1 N–H and O–H groups in total. The van der Waals surface area contributed by atoms with Gasteiger partial charge in [-0.1, -0.05) is 49.1 Å². The van der Waals surface area contributed by atoms with Crippen LogP contribution in [0.25, 0.3) is 0 Å². The summed E-state index contributed by atoms with van der Waals surface area (Å²) in [6, 6.07) is 8.68. The lowest BCUT2D eigenvalue weighted by atomic mass is 9.77. The molecule has 1 aromatic carbocycles. The fraction of sp³-hybridized carbons (Fsp3) is 0.600. The predicted molar refractivity (Wildman–Crippen MR) is 67.6 cm³/mol. The minimum absolute atomic E-state index is 0.299. The second-order valence-corrected chi connectivity index (χ2v) is 5.10. The Kier molecular flexibility index (Phi) is 4.00. The Morgan fingerprint density at radius 3 is 2.31 bits per heavy atom. The third kappa shape index (κ3) is 2.65. The van der Waals surface area contributed by atoms with E-state index in [1.807, 2.05) is 0 Å². The first-order chi connectivity index (χ1) is 7.81. The van der Waals surface area contributed by atoms with Crippen molar-refractivity contribution in [2.75, 3.05) is 6.61 Å². The first-order valence-corrected chi connectivity index (χ1v) is 6.48. The van der Waals surface area contributed by atoms with Gasteiger partial charge in [0.25, 0.3) is 0 Å². The van der Waals surface area contributed by atoms with Crippen molar-refractivity contribution < 1.29 is 5.11 Å². The summed E-state index contributed by atoms with van der Waals surface area (Å²) in [4.78, 5) is 0. The molecule has 1 fully saturated rings. The van der Waals surface area contributed by atoms with E-state index < -0.39 is 0 Å². The van der Waals surface area contributed by atoms with Gasteiger partial charge in [-0.15, -0.1) is 0 Å². The van der Waals surface area contributed by atoms with Crippen LogP contribution in [0, 0.1) is 12.8 Å². The van der Waals surface area contributed by atoms with Gasteiger partial charge in [-0.3, -0.25) is 0 Å². The van der Waals surface area contributed by atoms with Crippen molar-refractivity contribution in [3.8, 4) is 0 Å². The second-order valence-electron chi connectivity index (χ2n) is 5.10. The van der Waals surface area contributed by atoms with Crippen LogP contribution in [0.1, 0.15) is 49.1 Å². The molecule has 88 valence electrons. The first-order valence-electron chi connectivity index (χ1n) is 6.48. The van der Waals surface area contributed by atoms with E-state index in [1.54, 1.807) is 0 Å². The topological polar surface area (TPSA) is 20.2 Å². The van der Waals surface area contributed by atoms with Crippen molar-refractivity contribution in [1.29, 1.82) is 0 Å². The second kappa shape index (κ2) is 5.49. The average Bonchev–Trinajstić information content (AvgIpc) is 2.34. The van der Waals surface area contributed by atoms with Gasteiger partial charge in [0, 0.05) is 5.92 Å². The summed E-state index contributed by atoms with van der Waals surface area (Å²) in [6.45, 7) is 2.41. The maximum Gasteiger partial charge on any atom is 0.0502 e. The lowest BCUT2D eigenvalue weighted by Gasteiger charge is -2.29. The summed E-state index contributed by atoms with van der Waals surface area (Å²) in [7, 11) is 0. The number of hydrogen-bond acceptors (Lipinski definition) is 1. The van der Waals surface area contributed by atoms with Crippen molar-refractivity contribution in [3.63, 3.8) is 0 Å². The number of aliphatic hydroxyl groups is 1. The molecule has 1 aliphatic rings. The number of aliphatic hydroxyl groups excluding tert-OH is 1. The van der Waals surface area contributed by atoms with Crippen LogP contribution in [-0.2, 0) is 0 Å². The molecule has 1 heteroatoms. The van der Waals surface area contributed by atoms with E-state index in [1.165, 1.54) is 43.2 Å². The Labute approximate surface area is 98.5 Å². The van der Waals surface area contributed by atoms with E-state index in [9.17, 15) is 5.11 Å². The molecule has 1 aromatic rings. The molecule has 0 aromatic heterocycles. The van der Waals surface area contributed by atoms with E-state index in [0.717, 1.165) is 0 Å². The summed E-state index contributed by atoms with van der Waals surface area (Å²) >= 11 is 0. The molecule has 1 saturated carbocycles. The van der Waals surface area contributed by atoms with E-state index in [0.29, 0.717) is 18.4 Å². The molecule has 0 aliphatic heterocycles. The van der Waals surface area contributed by atoms with Gasteiger partial charge < -0.3 is 5.11 Å². The molecule has 0 heterocycles. The van der Waals surface area contributed by atoms with Gasteiger partial charge in [0.2, 0.25) is 0 Å². The molecule has 2 rings (SSSR count). The molecule has 1 atom stereocenters. The van der Waals surface area contributed by atoms with Gasteiger partial charge in [-0.05, 0) is 31.2 Å². The number of aryl methyl sites for hydroxylation is 1. The average molecular weight is 218 g/mol. The third-order valence-electron chi connectivity index (χ3n) is 3.92. The Balaban J connectivity index is 2.11. The first kappa shape index (κ1) is 11.7. The molecule has 1 nitrogen and oxygen atoms in total. The normalized spacial score (nSPS) is 19.6. The van der Waals surface area contributed by atoms with Crippen molar-refractivity contribution in [1.82, 2.24) is 0 Å². The number of rotatable bonds is 3. The smallest absolute Gasteiger partial charge is 0.0502 e. The van der Waals surface area contributed by atoms with Crippen molar-refractivity contribution in [2.24, 2.45) is 5.92 Å². The molecule has 0 spiro atoms. The molecule has 0 saturated heterocycles. The monoisotopic (exact) mass is 218 g/mol. The van der Waals surface area contributed by atoms with Crippen molar-refractivity contribution in [2.45, 2.75) is 44.9 Å². The van der Waals surface area contributed by atoms with Gasteiger partial charge in [0.05, 0.1) is 6.61 Å². The number of hydrogen-bond donors (Lipinski definition) is 1. The maximum absolute atomic E-state index is 9.60. The highest BCUT2D eigenvalue weighted by Gasteiger charge is 2.24. The van der Waals surface area contributed by atoms with E-state index in [-0.39, 0.29) is 0 Å². The maximum atomic E-state index is 9.60. The van der Waals surface area contributed by atoms with Gasteiger partial charge in [-0.25, -0.2) is 0 Å². The predicted octanol–water partition coefficient (Wildman–Crippen LogP) is 3.65. The van der Waals surface area contributed by atoms with Crippen molar-refractivity contribution in [3.05, 3.63) is 35.4 Å². The fourth-order valence-electron chi connectivity index (χ4n) is 2.88. The number of benzene rings is 1. The summed E-state index contributed by atoms with van der Waals surface area (Å²) in [5.41, 5.74) is 2.61. The third-order valence-corrected chi connectivity index (χ3v) is 3.92. The molecule has 0 amide bonds. The van der Waals surface area contributed by atoms with E-state index in [2.05, 4.69) is 31.2 Å². The molecule has 0 unspecified atom stereocenters. The highest BCUT2D eigenvalue weighted by atomic mass is 16.3. The van der Waals surface area contributed by atoms with Gasteiger partial charge in [0.1, 0.15) is 0 Å². The zero-order valence-corrected chi connectivity index (χ0v) is 10.2. The molecule has 1 aliphatic carbocycles. The molecular weight excluding hydrogens is 196 g/mol. The Morgan fingerprint density at radius 2 is 1.75 bits per heavy atom.